The summed E-state index contributed by atoms with van der Waals surface area (Å²) in [6.45, 7) is 1.87. The topological polar surface area (TPSA) is 26.0 Å². The molecular weight excluding hydrogens is 213 g/mol. The average Bonchev–Trinajstić information content (AvgIpc) is 2.09. The lowest BCUT2D eigenvalue weighted by Crippen LogP contribution is -2.28. The quantitative estimate of drug-likeness (QED) is 0.821. The zero-order chi connectivity index (χ0) is 11.0. The molecule has 1 aliphatic carbocycles. The summed E-state index contributed by atoms with van der Waals surface area (Å²) in [5.41, 5.74) is 7.44. The normalized spacial score (nSPS) is 18.7. The van der Waals surface area contributed by atoms with E-state index in [1.165, 1.54) is 12.5 Å². The first-order chi connectivity index (χ1) is 7.11. The van der Waals surface area contributed by atoms with E-state index in [0.717, 1.165) is 18.4 Å². The van der Waals surface area contributed by atoms with Gasteiger partial charge in [0, 0.05) is 11.6 Å². The summed E-state index contributed by atoms with van der Waals surface area (Å²) in [7, 11) is 0. The molecule has 0 amide bonds. The third kappa shape index (κ3) is 1.88. The second kappa shape index (κ2) is 4.11. The maximum atomic E-state index is 13.6. The Morgan fingerprint density at radius 2 is 2.13 bits per heavy atom. The molecule has 82 valence electrons. The van der Waals surface area contributed by atoms with E-state index in [4.69, 9.17) is 17.3 Å². The molecule has 2 rings (SSSR count). The lowest BCUT2D eigenvalue weighted by molar-refractivity contribution is 0.260. The molecule has 1 nitrogen and oxygen atoms in total. The summed E-state index contributed by atoms with van der Waals surface area (Å²) in [5.74, 6) is 0.129. The number of rotatable bonds is 2. The highest BCUT2D eigenvalue weighted by molar-refractivity contribution is 6.32. The van der Waals surface area contributed by atoms with Gasteiger partial charge in [-0.05, 0) is 37.3 Å². The molecule has 1 fully saturated rings. The predicted molar refractivity (Wildman–Crippen MR) is 60.4 cm³/mol. The molecule has 0 bridgehead atoms. The van der Waals surface area contributed by atoms with Crippen LogP contribution in [0.15, 0.2) is 12.1 Å². The van der Waals surface area contributed by atoms with Gasteiger partial charge in [-0.25, -0.2) is 4.39 Å². The summed E-state index contributed by atoms with van der Waals surface area (Å²) in [6.07, 6.45) is 3.37. The smallest absolute Gasteiger partial charge is 0.129 e. The van der Waals surface area contributed by atoms with Gasteiger partial charge in [0.05, 0.1) is 5.02 Å². The zero-order valence-corrected chi connectivity index (χ0v) is 9.52. The molecule has 15 heavy (non-hydrogen) atoms. The Morgan fingerprint density at radius 1 is 1.47 bits per heavy atom. The minimum atomic E-state index is -0.273. The molecular formula is C12H15ClFN. The van der Waals surface area contributed by atoms with Crippen molar-refractivity contribution < 1.29 is 4.39 Å². The monoisotopic (exact) mass is 227 g/mol. The van der Waals surface area contributed by atoms with Crippen LogP contribution in [0.4, 0.5) is 4.39 Å². The fourth-order valence-corrected chi connectivity index (χ4v) is 2.30. The van der Waals surface area contributed by atoms with Gasteiger partial charge in [0.1, 0.15) is 5.82 Å². The Balaban J connectivity index is 2.36. The summed E-state index contributed by atoms with van der Waals surface area (Å²) >= 11 is 6.10. The van der Waals surface area contributed by atoms with Crippen molar-refractivity contribution in [1.82, 2.24) is 0 Å². The Morgan fingerprint density at radius 3 is 2.67 bits per heavy atom. The van der Waals surface area contributed by atoms with Crippen molar-refractivity contribution in [2.24, 2.45) is 11.7 Å². The van der Waals surface area contributed by atoms with E-state index in [1.807, 2.05) is 6.92 Å². The molecule has 0 aliphatic heterocycles. The Hall–Kier alpha value is -0.600. The lowest BCUT2D eigenvalue weighted by Gasteiger charge is -2.32. The molecule has 0 heterocycles. The summed E-state index contributed by atoms with van der Waals surface area (Å²) in [5, 5.41) is 0.495. The first-order valence-corrected chi connectivity index (χ1v) is 5.69. The number of benzene rings is 1. The van der Waals surface area contributed by atoms with E-state index in [0.29, 0.717) is 16.5 Å². The van der Waals surface area contributed by atoms with Crippen molar-refractivity contribution in [1.29, 1.82) is 0 Å². The van der Waals surface area contributed by atoms with Gasteiger partial charge in [0.2, 0.25) is 0 Å². The highest BCUT2D eigenvalue weighted by Gasteiger charge is 2.29. The summed E-state index contributed by atoms with van der Waals surface area (Å²) < 4.78 is 13.6. The molecule has 0 unspecified atom stereocenters. The van der Waals surface area contributed by atoms with Crippen molar-refractivity contribution in [2.45, 2.75) is 32.2 Å². The molecule has 0 saturated heterocycles. The zero-order valence-electron chi connectivity index (χ0n) is 8.76. The maximum Gasteiger partial charge on any atom is 0.129 e. The van der Waals surface area contributed by atoms with Crippen LogP contribution in [-0.4, -0.2) is 0 Å². The van der Waals surface area contributed by atoms with Crippen LogP contribution in [0, 0.1) is 18.7 Å². The summed E-state index contributed by atoms with van der Waals surface area (Å²) in [4.78, 5) is 0. The van der Waals surface area contributed by atoms with Gasteiger partial charge >= 0.3 is 0 Å². The Bertz CT molecular complexity index is 374. The first kappa shape index (κ1) is 10.9. The van der Waals surface area contributed by atoms with Crippen LogP contribution >= 0.6 is 11.6 Å². The molecule has 1 aromatic carbocycles. The molecule has 1 saturated carbocycles. The molecule has 0 aromatic heterocycles. The molecule has 3 heteroatoms. The standard InChI is InChI=1S/C12H15ClFN/c1-7-5-6-9(14)10(11(7)13)12(15)8-3-2-4-8/h5-6,8,12H,2-4,15H2,1H3/t12-/m0/s1. The van der Waals surface area contributed by atoms with Crippen molar-refractivity contribution in [2.75, 3.05) is 0 Å². The predicted octanol–water partition coefficient (Wildman–Crippen LogP) is 3.59. The molecule has 1 aliphatic rings. The van der Waals surface area contributed by atoms with Crippen LogP contribution in [0.2, 0.25) is 5.02 Å². The van der Waals surface area contributed by atoms with Crippen molar-refractivity contribution >= 4 is 11.6 Å². The number of hydrogen-bond donors (Lipinski definition) is 1. The van der Waals surface area contributed by atoms with Gasteiger partial charge in [0.25, 0.3) is 0 Å². The van der Waals surface area contributed by atoms with Crippen LogP contribution in [0.25, 0.3) is 0 Å². The van der Waals surface area contributed by atoms with Gasteiger partial charge in [-0.1, -0.05) is 24.1 Å². The maximum absolute atomic E-state index is 13.6. The first-order valence-electron chi connectivity index (χ1n) is 5.31. The molecule has 0 radical (unpaired) electrons. The molecule has 1 atom stereocenters. The van der Waals surface area contributed by atoms with Gasteiger partial charge in [-0.15, -0.1) is 0 Å². The van der Waals surface area contributed by atoms with Crippen LogP contribution < -0.4 is 5.73 Å². The van der Waals surface area contributed by atoms with E-state index < -0.39 is 0 Å². The van der Waals surface area contributed by atoms with Crippen molar-refractivity contribution in [3.05, 3.63) is 34.1 Å². The Kier molecular flexibility index (Phi) is 2.98. The minimum absolute atomic E-state index is 0.244. The van der Waals surface area contributed by atoms with E-state index >= 15 is 0 Å². The molecule has 1 aromatic rings. The van der Waals surface area contributed by atoms with Crippen LogP contribution in [0.5, 0.6) is 0 Å². The molecule has 2 N–H and O–H groups in total. The second-order valence-corrected chi connectivity index (χ2v) is 4.69. The van der Waals surface area contributed by atoms with Gasteiger partial charge in [-0.3, -0.25) is 0 Å². The van der Waals surface area contributed by atoms with E-state index in [2.05, 4.69) is 0 Å². The number of halogens is 2. The fraction of sp³-hybridized carbons (Fsp3) is 0.500. The van der Waals surface area contributed by atoms with Gasteiger partial charge in [-0.2, -0.15) is 0 Å². The SMILES string of the molecule is Cc1ccc(F)c([C@@H](N)C2CCC2)c1Cl. The molecule has 0 spiro atoms. The van der Waals surface area contributed by atoms with Crippen LogP contribution in [0.3, 0.4) is 0 Å². The van der Waals surface area contributed by atoms with E-state index in [9.17, 15) is 4.39 Å². The minimum Gasteiger partial charge on any atom is -0.324 e. The Labute approximate surface area is 94.4 Å². The van der Waals surface area contributed by atoms with Crippen molar-refractivity contribution in [3.8, 4) is 0 Å². The highest BCUT2D eigenvalue weighted by Crippen LogP contribution is 2.40. The highest BCUT2D eigenvalue weighted by atomic mass is 35.5. The largest absolute Gasteiger partial charge is 0.324 e. The van der Waals surface area contributed by atoms with E-state index in [1.54, 1.807) is 6.07 Å². The number of aryl methyl sites for hydroxylation is 1. The van der Waals surface area contributed by atoms with Crippen LogP contribution in [0.1, 0.15) is 36.4 Å². The number of nitrogens with two attached hydrogens (primary N) is 1. The third-order valence-electron chi connectivity index (χ3n) is 3.31. The van der Waals surface area contributed by atoms with Gasteiger partial charge in [0.15, 0.2) is 0 Å². The van der Waals surface area contributed by atoms with Gasteiger partial charge < -0.3 is 5.73 Å². The number of hydrogen-bond acceptors (Lipinski definition) is 1. The fourth-order valence-electron chi connectivity index (χ4n) is 2.02. The van der Waals surface area contributed by atoms with Crippen molar-refractivity contribution in [3.63, 3.8) is 0 Å². The average molecular weight is 228 g/mol. The third-order valence-corrected chi connectivity index (χ3v) is 3.81. The lowest BCUT2D eigenvalue weighted by atomic mass is 9.77. The van der Waals surface area contributed by atoms with E-state index in [-0.39, 0.29) is 11.9 Å². The second-order valence-electron chi connectivity index (χ2n) is 4.31. The summed E-state index contributed by atoms with van der Waals surface area (Å²) in [6, 6.07) is 2.90. The van der Waals surface area contributed by atoms with Crippen LogP contribution in [-0.2, 0) is 0 Å².